The highest BCUT2D eigenvalue weighted by molar-refractivity contribution is 7.98. The monoisotopic (exact) mass is 308 g/mol. The van der Waals surface area contributed by atoms with Crippen LogP contribution in [0.25, 0.3) is 10.2 Å². The van der Waals surface area contributed by atoms with Crippen molar-refractivity contribution in [3.63, 3.8) is 0 Å². The number of fused-ring (bicyclic) bond motifs is 1. The molecule has 7 nitrogen and oxygen atoms in total. The number of hydrogen-bond donors (Lipinski definition) is 1. The fourth-order valence-electron chi connectivity index (χ4n) is 1.74. The zero-order chi connectivity index (χ0) is 14.1. The summed E-state index contributed by atoms with van der Waals surface area (Å²) in [6, 6.07) is 0. The van der Waals surface area contributed by atoms with Crippen LogP contribution in [0, 0.1) is 6.92 Å². The van der Waals surface area contributed by atoms with Gasteiger partial charge in [-0.05, 0) is 12.5 Å². The van der Waals surface area contributed by atoms with Gasteiger partial charge in [0, 0.05) is 5.39 Å². The Bertz CT molecular complexity index is 769. The normalized spacial score (nSPS) is 11.1. The van der Waals surface area contributed by atoms with Gasteiger partial charge in [0.2, 0.25) is 6.39 Å². The van der Waals surface area contributed by atoms with Gasteiger partial charge in [-0.1, -0.05) is 16.9 Å². The predicted octanol–water partition coefficient (Wildman–Crippen LogP) is 2.37. The number of carboxylic acids is 1. The van der Waals surface area contributed by atoms with E-state index in [2.05, 4.69) is 24.6 Å². The number of carboxylic acid groups (broad SMARTS) is 1. The van der Waals surface area contributed by atoms with Crippen molar-refractivity contribution in [2.24, 2.45) is 0 Å². The summed E-state index contributed by atoms with van der Waals surface area (Å²) >= 11 is 2.58. The lowest BCUT2D eigenvalue weighted by atomic mass is 10.2. The van der Waals surface area contributed by atoms with E-state index in [1.807, 2.05) is 0 Å². The maximum absolute atomic E-state index is 11.2. The topological polar surface area (TPSA) is 102 Å². The zero-order valence-electron chi connectivity index (χ0n) is 10.2. The zero-order valence-corrected chi connectivity index (χ0v) is 11.9. The molecule has 9 heteroatoms. The van der Waals surface area contributed by atoms with Crippen LogP contribution in [0.1, 0.15) is 21.1 Å². The summed E-state index contributed by atoms with van der Waals surface area (Å²) in [7, 11) is 0. The van der Waals surface area contributed by atoms with Crippen LogP contribution in [0.15, 0.2) is 22.3 Å². The maximum Gasteiger partial charge on any atom is 0.346 e. The molecule has 0 amide bonds. The number of carbonyl (C=O) groups is 1. The number of aryl methyl sites for hydroxylation is 1. The molecule has 3 aromatic rings. The fourth-order valence-corrected chi connectivity index (χ4v) is 3.70. The molecule has 3 rings (SSSR count). The van der Waals surface area contributed by atoms with Crippen LogP contribution in [0.4, 0.5) is 0 Å². The Morgan fingerprint density at radius 1 is 1.45 bits per heavy atom. The van der Waals surface area contributed by atoms with Crippen molar-refractivity contribution < 1.29 is 14.4 Å². The third-order valence-electron chi connectivity index (χ3n) is 2.63. The number of aromatic nitrogens is 4. The van der Waals surface area contributed by atoms with Crippen molar-refractivity contribution in [3.05, 3.63) is 29.0 Å². The van der Waals surface area contributed by atoms with Gasteiger partial charge >= 0.3 is 5.97 Å². The molecule has 0 spiro atoms. The molecule has 0 atom stereocenters. The number of rotatable bonds is 4. The van der Waals surface area contributed by atoms with E-state index in [4.69, 9.17) is 5.11 Å². The van der Waals surface area contributed by atoms with Crippen molar-refractivity contribution in [3.8, 4) is 0 Å². The molecule has 0 saturated heterocycles. The van der Waals surface area contributed by atoms with Crippen molar-refractivity contribution >= 4 is 39.3 Å². The number of thiophene rings is 1. The average Bonchev–Trinajstić information content (AvgIpc) is 3.05. The highest BCUT2D eigenvalue weighted by atomic mass is 32.2. The lowest BCUT2D eigenvalue weighted by Gasteiger charge is -2.00. The average molecular weight is 308 g/mol. The molecule has 0 fully saturated rings. The van der Waals surface area contributed by atoms with Gasteiger partial charge in [-0.2, -0.15) is 4.98 Å². The van der Waals surface area contributed by atoms with Crippen LogP contribution in [-0.4, -0.2) is 31.2 Å². The summed E-state index contributed by atoms with van der Waals surface area (Å²) in [6.07, 6.45) is 2.70. The van der Waals surface area contributed by atoms with E-state index in [9.17, 15) is 4.79 Å². The molecular formula is C11H8N4O3S2. The smallest absolute Gasteiger partial charge is 0.346 e. The molecule has 0 saturated carbocycles. The Kier molecular flexibility index (Phi) is 3.36. The minimum atomic E-state index is -0.945. The Balaban J connectivity index is 2.00. The standard InChI is InChI=1S/C11H8N4O3S2/c1-5-7-9(19-2-6-14-4-18-15-6)12-3-13-10(7)20-8(5)11(16)17/h3-4H,2H2,1H3,(H,16,17). The van der Waals surface area contributed by atoms with E-state index in [1.54, 1.807) is 6.92 Å². The maximum atomic E-state index is 11.2. The van der Waals surface area contributed by atoms with E-state index in [1.165, 1.54) is 24.5 Å². The Hall–Kier alpha value is -2.00. The summed E-state index contributed by atoms with van der Waals surface area (Å²) in [6.45, 7) is 1.77. The summed E-state index contributed by atoms with van der Waals surface area (Å²) in [5.74, 6) is 0.119. The van der Waals surface area contributed by atoms with Crippen LogP contribution >= 0.6 is 23.1 Å². The van der Waals surface area contributed by atoms with Crippen molar-refractivity contribution in [2.75, 3.05) is 0 Å². The Morgan fingerprint density at radius 2 is 2.30 bits per heavy atom. The van der Waals surface area contributed by atoms with E-state index < -0.39 is 5.97 Å². The van der Waals surface area contributed by atoms with Gasteiger partial charge in [0.15, 0.2) is 5.82 Å². The molecule has 20 heavy (non-hydrogen) atoms. The predicted molar refractivity (Wildman–Crippen MR) is 73.0 cm³/mol. The van der Waals surface area contributed by atoms with Crippen LogP contribution in [0.3, 0.4) is 0 Å². The first-order valence-electron chi connectivity index (χ1n) is 5.52. The number of nitrogens with zero attached hydrogens (tertiary/aromatic N) is 4. The van der Waals surface area contributed by atoms with Crippen LogP contribution < -0.4 is 0 Å². The lowest BCUT2D eigenvalue weighted by Crippen LogP contribution is -1.94. The molecule has 0 bridgehead atoms. The largest absolute Gasteiger partial charge is 0.477 e. The highest BCUT2D eigenvalue weighted by Gasteiger charge is 2.18. The second-order valence-corrected chi connectivity index (χ2v) is 5.82. The number of thioether (sulfide) groups is 1. The van der Waals surface area contributed by atoms with Crippen molar-refractivity contribution in [1.82, 2.24) is 20.1 Å². The van der Waals surface area contributed by atoms with Gasteiger partial charge in [0.1, 0.15) is 21.1 Å². The molecule has 0 unspecified atom stereocenters. The molecule has 0 aliphatic rings. The molecule has 0 aliphatic carbocycles. The third-order valence-corrected chi connectivity index (χ3v) is 4.80. The first kappa shape index (κ1) is 13.0. The molecule has 0 aromatic carbocycles. The summed E-state index contributed by atoms with van der Waals surface area (Å²) in [4.78, 5) is 24.4. The first-order valence-corrected chi connectivity index (χ1v) is 7.32. The van der Waals surface area contributed by atoms with Crippen molar-refractivity contribution in [1.29, 1.82) is 0 Å². The molecule has 3 heterocycles. The van der Waals surface area contributed by atoms with Crippen LogP contribution in [0.2, 0.25) is 0 Å². The van der Waals surface area contributed by atoms with Crippen molar-refractivity contribution in [2.45, 2.75) is 17.7 Å². The van der Waals surface area contributed by atoms with Gasteiger partial charge in [0.05, 0.1) is 5.75 Å². The first-order chi connectivity index (χ1) is 9.66. The molecule has 0 aliphatic heterocycles. The SMILES string of the molecule is Cc1c(C(=O)O)sc2ncnc(SCc3ncon3)c12. The molecule has 0 radical (unpaired) electrons. The molecular weight excluding hydrogens is 300 g/mol. The quantitative estimate of drug-likeness (QED) is 0.579. The minimum Gasteiger partial charge on any atom is -0.477 e. The summed E-state index contributed by atoms with van der Waals surface area (Å²) in [5.41, 5.74) is 0.689. The second kappa shape index (κ2) is 5.17. The van der Waals surface area contributed by atoms with E-state index in [-0.39, 0.29) is 0 Å². The van der Waals surface area contributed by atoms with Gasteiger partial charge in [-0.3, -0.25) is 0 Å². The van der Waals surface area contributed by atoms with E-state index in [0.717, 1.165) is 21.7 Å². The van der Waals surface area contributed by atoms with Gasteiger partial charge in [-0.15, -0.1) is 11.3 Å². The highest BCUT2D eigenvalue weighted by Crippen LogP contribution is 2.35. The van der Waals surface area contributed by atoms with Crippen LogP contribution in [-0.2, 0) is 5.75 Å². The van der Waals surface area contributed by atoms with E-state index >= 15 is 0 Å². The lowest BCUT2D eigenvalue weighted by molar-refractivity contribution is 0.0701. The fraction of sp³-hybridized carbons (Fsp3) is 0.182. The molecule has 102 valence electrons. The minimum absolute atomic E-state index is 0.293. The van der Waals surface area contributed by atoms with Crippen LogP contribution in [0.5, 0.6) is 0 Å². The Labute approximate surface area is 121 Å². The number of aromatic carboxylic acids is 1. The van der Waals surface area contributed by atoms with Gasteiger partial charge in [0.25, 0.3) is 0 Å². The van der Waals surface area contributed by atoms with Gasteiger partial charge < -0.3 is 9.63 Å². The Morgan fingerprint density at radius 3 is 3.00 bits per heavy atom. The van der Waals surface area contributed by atoms with E-state index in [0.29, 0.717) is 26.8 Å². The second-order valence-electron chi connectivity index (χ2n) is 3.86. The third kappa shape index (κ3) is 2.25. The summed E-state index contributed by atoms with van der Waals surface area (Å²) in [5, 5.41) is 14.4. The summed E-state index contributed by atoms with van der Waals surface area (Å²) < 4.78 is 4.67. The molecule has 1 N–H and O–H groups in total. The number of hydrogen-bond acceptors (Lipinski definition) is 8. The van der Waals surface area contributed by atoms with Gasteiger partial charge in [-0.25, -0.2) is 14.8 Å². The molecule has 3 aromatic heterocycles.